The van der Waals surface area contributed by atoms with Crippen molar-refractivity contribution in [3.05, 3.63) is 29.8 Å². The van der Waals surface area contributed by atoms with E-state index in [4.69, 9.17) is 4.74 Å². The number of alkyl halides is 3. The Hall–Kier alpha value is -0.940. The highest BCUT2D eigenvalue weighted by molar-refractivity contribution is 5.85. The van der Waals surface area contributed by atoms with Crippen molar-refractivity contribution in [2.45, 2.75) is 31.9 Å². The maximum absolute atomic E-state index is 12.8. The molecule has 2 nitrogen and oxygen atoms in total. The highest BCUT2D eigenvalue weighted by atomic mass is 35.5. The quantitative estimate of drug-likeness (QED) is 0.815. The average molecular weight is 324 g/mol. The maximum atomic E-state index is 12.8. The second-order valence-electron chi connectivity index (χ2n) is 5.10. The number of hydrogen-bond acceptors (Lipinski definition) is 2. The van der Waals surface area contributed by atoms with Crippen LogP contribution in [0.1, 0.15) is 31.2 Å². The van der Waals surface area contributed by atoms with Gasteiger partial charge in [0.2, 0.25) is 0 Å². The van der Waals surface area contributed by atoms with E-state index in [2.05, 4.69) is 4.90 Å². The molecule has 0 bridgehead atoms. The van der Waals surface area contributed by atoms with Crippen LogP contribution in [0.3, 0.4) is 0 Å². The van der Waals surface area contributed by atoms with Crippen LogP contribution < -0.4 is 4.74 Å². The molecule has 0 atom stereocenters. The molecule has 1 aliphatic heterocycles. The van der Waals surface area contributed by atoms with Gasteiger partial charge in [0, 0.05) is 6.54 Å². The summed E-state index contributed by atoms with van der Waals surface area (Å²) < 4.78 is 43.7. The smallest absolute Gasteiger partial charge is 0.419 e. The summed E-state index contributed by atoms with van der Waals surface area (Å²) in [6.07, 6.45) is 0.458. The van der Waals surface area contributed by atoms with E-state index in [1.54, 1.807) is 6.07 Å². The summed E-state index contributed by atoms with van der Waals surface area (Å²) in [5.41, 5.74) is -0.698. The van der Waals surface area contributed by atoms with Gasteiger partial charge in [-0.3, -0.25) is 4.90 Å². The van der Waals surface area contributed by atoms with E-state index in [9.17, 15) is 13.2 Å². The largest absolute Gasteiger partial charge is 0.492 e. The number of halogens is 4. The van der Waals surface area contributed by atoms with Crippen LogP contribution in [0.4, 0.5) is 13.2 Å². The van der Waals surface area contributed by atoms with E-state index in [0.29, 0.717) is 13.2 Å². The molecule has 120 valence electrons. The summed E-state index contributed by atoms with van der Waals surface area (Å²) in [4.78, 5) is 2.27. The molecule has 1 aliphatic rings. The number of benzene rings is 1. The van der Waals surface area contributed by atoms with E-state index in [0.717, 1.165) is 19.2 Å². The molecule has 0 N–H and O–H groups in total. The lowest BCUT2D eigenvalue weighted by molar-refractivity contribution is -0.139. The molecule has 0 amide bonds. The van der Waals surface area contributed by atoms with Gasteiger partial charge in [0.25, 0.3) is 0 Å². The van der Waals surface area contributed by atoms with Gasteiger partial charge in [-0.15, -0.1) is 12.4 Å². The number of likely N-dealkylation sites (tertiary alicyclic amines) is 1. The lowest BCUT2D eigenvalue weighted by Gasteiger charge is -2.20. The standard InChI is InChI=1S/C15H20F3NO.ClH/c16-15(17,18)13-7-3-4-8-14(13)20-12-11-19-9-5-1-2-6-10-19;/h3-4,7-8H,1-2,5-6,9-12H2;1H. The third-order valence-corrected chi connectivity index (χ3v) is 3.56. The predicted molar refractivity (Wildman–Crippen MR) is 79.1 cm³/mol. The van der Waals surface area contributed by atoms with Crippen LogP contribution in [-0.2, 0) is 6.18 Å². The van der Waals surface area contributed by atoms with Crippen molar-refractivity contribution in [1.29, 1.82) is 0 Å². The zero-order valence-corrected chi connectivity index (χ0v) is 12.7. The zero-order valence-electron chi connectivity index (χ0n) is 11.9. The van der Waals surface area contributed by atoms with Crippen molar-refractivity contribution in [3.63, 3.8) is 0 Å². The molecule has 0 aromatic heterocycles. The Morgan fingerprint density at radius 3 is 2.24 bits per heavy atom. The van der Waals surface area contributed by atoms with Gasteiger partial charge in [-0.05, 0) is 38.1 Å². The fourth-order valence-electron chi connectivity index (χ4n) is 2.47. The van der Waals surface area contributed by atoms with E-state index in [1.807, 2.05) is 0 Å². The topological polar surface area (TPSA) is 12.5 Å². The van der Waals surface area contributed by atoms with Gasteiger partial charge < -0.3 is 4.74 Å². The Morgan fingerprint density at radius 1 is 1.00 bits per heavy atom. The summed E-state index contributed by atoms with van der Waals surface area (Å²) in [6.45, 7) is 3.02. The Labute approximate surface area is 129 Å². The Morgan fingerprint density at radius 2 is 1.62 bits per heavy atom. The van der Waals surface area contributed by atoms with Gasteiger partial charge in [-0.25, -0.2) is 0 Å². The lowest BCUT2D eigenvalue weighted by Crippen LogP contribution is -2.29. The average Bonchev–Trinajstić information content (AvgIpc) is 2.67. The van der Waals surface area contributed by atoms with Gasteiger partial charge in [0.15, 0.2) is 0 Å². The third kappa shape index (κ3) is 5.75. The predicted octanol–water partition coefficient (Wildman–Crippen LogP) is 4.38. The summed E-state index contributed by atoms with van der Waals surface area (Å²) in [5, 5.41) is 0. The summed E-state index contributed by atoms with van der Waals surface area (Å²) in [5.74, 6) is -0.0742. The highest BCUT2D eigenvalue weighted by Crippen LogP contribution is 2.35. The first-order valence-electron chi connectivity index (χ1n) is 7.09. The highest BCUT2D eigenvalue weighted by Gasteiger charge is 2.33. The maximum Gasteiger partial charge on any atom is 0.419 e. The van der Waals surface area contributed by atoms with Gasteiger partial charge in [0.1, 0.15) is 12.4 Å². The van der Waals surface area contributed by atoms with Crippen LogP contribution in [0.25, 0.3) is 0 Å². The van der Waals surface area contributed by atoms with Crippen molar-refractivity contribution in [2.75, 3.05) is 26.2 Å². The molecular weight excluding hydrogens is 303 g/mol. The van der Waals surface area contributed by atoms with E-state index < -0.39 is 11.7 Å². The first-order valence-corrected chi connectivity index (χ1v) is 7.09. The molecule has 6 heteroatoms. The van der Waals surface area contributed by atoms with Crippen molar-refractivity contribution < 1.29 is 17.9 Å². The minimum atomic E-state index is -4.36. The molecule has 0 radical (unpaired) electrons. The first-order chi connectivity index (χ1) is 9.57. The molecule has 1 aromatic rings. The van der Waals surface area contributed by atoms with E-state index in [-0.39, 0.29) is 18.2 Å². The minimum absolute atomic E-state index is 0. The van der Waals surface area contributed by atoms with Crippen molar-refractivity contribution in [2.24, 2.45) is 0 Å². The number of ether oxygens (including phenoxy) is 1. The van der Waals surface area contributed by atoms with E-state index in [1.165, 1.54) is 37.8 Å². The fraction of sp³-hybridized carbons (Fsp3) is 0.600. The molecule has 0 saturated carbocycles. The van der Waals surface area contributed by atoms with E-state index >= 15 is 0 Å². The van der Waals surface area contributed by atoms with Gasteiger partial charge in [-0.2, -0.15) is 13.2 Å². The second-order valence-corrected chi connectivity index (χ2v) is 5.10. The molecule has 1 saturated heterocycles. The van der Waals surface area contributed by atoms with Crippen molar-refractivity contribution in [3.8, 4) is 5.75 Å². The van der Waals surface area contributed by atoms with Gasteiger partial charge >= 0.3 is 6.18 Å². The van der Waals surface area contributed by atoms with Crippen LogP contribution in [-0.4, -0.2) is 31.1 Å². The molecule has 0 spiro atoms. The number of hydrogen-bond donors (Lipinski definition) is 0. The monoisotopic (exact) mass is 323 g/mol. The number of nitrogens with zero attached hydrogens (tertiary/aromatic N) is 1. The Kier molecular flexibility index (Phi) is 7.32. The molecule has 2 rings (SSSR count). The van der Waals surface area contributed by atoms with Gasteiger partial charge in [0.05, 0.1) is 5.56 Å². The molecular formula is C15H21ClF3NO. The van der Waals surface area contributed by atoms with Crippen LogP contribution >= 0.6 is 12.4 Å². The van der Waals surface area contributed by atoms with Crippen molar-refractivity contribution >= 4 is 12.4 Å². The van der Waals surface area contributed by atoms with Crippen LogP contribution in [0, 0.1) is 0 Å². The molecule has 21 heavy (non-hydrogen) atoms. The summed E-state index contributed by atoms with van der Waals surface area (Å²) >= 11 is 0. The summed E-state index contributed by atoms with van der Waals surface area (Å²) in [6, 6.07) is 5.38. The number of para-hydroxylation sites is 1. The summed E-state index contributed by atoms with van der Waals surface area (Å²) in [7, 11) is 0. The van der Waals surface area contributed by atoms with Gasteiger partial charge in [-0.1, -0.05) is 25.0 Å². The molecule has 1 heterocycles. The fourth-order valence-corrected chi connectivity index (χ4v) is 2.47. The minimum Gasteiger partial charge on any atom is -0.492 e. The van der Waals surface area contributed by atoms with Crippen LogP contribution in [0.2, 0.25) is 0 Å². The zero-order chi connectivity index (χ0) is 14.4. The molecule has 1 fully saturated rings. The third-order valence-electron chi connectivity index (χ3n) is 3.56. The Bertz CT molecular complexity index is 418. The van der Waals surface area contributed by atoms with Crippen molar-refractivity contribution in [1.82, 2.24) is 4.90 Å². The normalized spacial score (nSPS) is 16.9. The number of rotatable bonds is 4. The Balaban J connectivity index is 0.00000220. The van der Waals surface area contributed by atoms with Crippen LogP contribution in [0.5, 0.6) is 5.75 Å². The molecule has 1 aromatic carbocycles. The van der Waals surface area contributed by atoms with Crippen LogP contribution in [0.15, 0.2) is 24.3 Å². The first kappa shape index (κ1) is 18.1. The molecule has 0 aliphatic carbocycles. The SMILES string of the molecule is Cl.FC(F)(F)c1ccccc1OCCN1CCCCCC1. The molecule has 0 unspecified atom stereocenters. The second kappa shape index (κ2) is 8.49. The lowest BCUT2D eigenvalue weighted by atomic mass is 10.2.